The minimum Gasteiger partial charge on any atom is -0.378 e. The summed E-state index contributed by atoms with van der Waals surface area (Å²) in [6.45, 7) is 2.01. The fraction of sp³-hybridized carbons (Fsp3) is 0.133. The number of aromatic amines is 1. The molecule has 3 aromatic rings. The molecule has 0 aliphatic carbocycles. The molecule has 0 amide bonds. The fourth-order valence-corrected chi connectivity index (χ4v) is 2.14. The molecule has 19 heavy (non-hydrogen) atoms. The first kappa shape index (κ1) is 11.7. The van der Waals surface area contributed by atoms with E-state index in [1.165, 1.54) is 6.07 Å². The number of H-pyrrole nitrogens is 1. The van der Waals surface area contributed by atoms with Gasteiger partial charge in [0.25, 0.3) is 0 Å². The number of anilines is 1. The number of rotatable bonds is 3. The van der Waals surface area contributed by atoms with Crippen LogP contribution in [0.4, 0.5) is 10.1 Å². The predicted molar refractivity (Wildman–Crippen MR) is 74.5 cm³/mol. The SMILES string of the molecule is CC(Nc1ccc2[nH]ncc2c1)c1cccc(F)c1. The molecule has 1 atom stereocenters. The van der Waals surface area contributed by atoms with Gasteiger partial charge in [0.05, 0.1) is 11.7 Å². The lowest BCUT2D eigenvalue weighted by atomic mass is 10.1. The van der Waals surface area contributed by atoms with Gasteiger partial charge in [-0.1, -0.05) is 12.1 Å². The third-order valence-electron chi connectivity index (χ3n) is 3.17. The molecule has 0 saturated heterocycles. The molecule has 1 heterocycles. The second-order valence-electron chi connectivity index (χ2n) is 4.59. The molecule has 2 aromatic carbocycles. The van der Waals surface area contributed by atoms with Crippen molar-refractivity contribution < 1.29 is 4.39 Å². The van der Waals surface area contributed by atoms with Gasteiger partial charge in [-0.15, -0.1) is 0 Å². The number of nitrogens with one attached hydrogen (secondary N) is 2. The summed E-state index contributed by atoms with van der Waals surface area (Å²) >= 11 is 0. The van der Waals surface area contributed by atoms with Crippen molar-refractivity contribution in [3.05, 3.63) is 60.0 Å². The molecule has 0 aliphatic heterocycles. The molecule has 0 radical (unpaired) electrons. The molecule has 2 N–H and O–H groups in total. The van der Waals surface area contributed by atoms with Gasteiger partial charge in [-0.2, -0.15) is 5.10 Å². The largest absolute Gasteiger partial charge is 0.378 e. The highest BCUT2D eigenvalue weighted by atomic mass is 19.1. The second kappa shape index (κ2) is 4.72. The van der Waals surface area contributed by atoms with Crippen molar-refractivity contribution in [2.45, 2.75) is 13.0 Å². The van der Waals surface area contributed by atoms with E-state index in [4.69, 9.17) is 0 Å². The van der Waals surface area contributed by atoms with Crippen LogP contribution in [0.15, 0.2) is 48.7 Å². The van der Waals surface area contributed by atoms with Crippen LogP contribution in [0.2, 0.25) is 0 Å². The Morgan fingerprint density at radius 2 is 2.11 bits per heavy atom. The summed E-state index contributed by atoms with van der Waals surface area (Å²) in [5.74, 6) is -0.212. The summed E-state index contributed by atoms with van der Waals surface area (Å²) in [5, 5.41) is 11.3. The Labute approximate surface area is 110 Å². The molecular formula is C15H14FN3. The zero-order valence-corrected chi connectivity index (χ0v) is 10.5. The zero-order valence-electron chi connectivity index (χ0n) is 10.5. The molecule has 0 bridgehead atoms. The lowest BCUT2D eigenvalue weighted by molar-refractivity contribution is 0.623. The van der Waals surface area contributed by atoms with Crippen LogP contribution >= 0.6 is 0 Å². The minimum absolute atomic E-state index is 0.0417. The van der Waals surface area contributed by atoms with Gasteiger partial charge in [0, 0.05) is 17.1 Å². The highest BCUT2D eigenvalue weighted by Gasteiger charge is 2.06. The number of nitrogens with zero attached hydrogens (tertiary/aromatic N) is 1. The number of hydrogen-bond donors (Lipinski definition) is 2. The van der Waals surface area contributed by atoms with E-state index in [9.17, 15) is 4.39 Å². The molecule has 3 rings (SSSR count). The Kier molecular flexibility index (Phi) is 2.91. The van der Waals surface area contributed by atoms with Gasteiger partial charge >= 0.3 is 0 Å². The van der Waals surface area contributed by atoms with E-state index in [0.717, 1.165) is 22.2 Å². The Morgan fingerprint density at radius 3 is 2.95 bits per heavy atom. The molecule has 4 heteroatoms. The maximum Gasteiger partial charge on any atom is 0.123 e. The lowest BCUT2D eigenvalue weighted by Crippen LogP contribution is -2.06. The standard InChI is InChI=1S/C15H14FN3/c1-10(11-3-2-4-13(16)7-11)18-14-5-6-15-12(8-14)9-17-19-15/h2-10,18H,1H3,(H,17,19). The maximum absolute atomic E-state index is 13.2. The van der Waals surface area contributed by atoms with Crippen molar-refractivity contribution in [3.8, 4) is 0 Å². The topological polar surface area (TPSA) is 40.7 Å². The third-order valence-corrected chi connectivity index (χ3v) is 3.17. The Bertz CT molecular complexity index is 705. The van der Waals surface area contributed by atoms with Gasteiger partial charge in [-0.3, -0.25) is 5.10 Å². The summed E-state index contributed by atoms with van der Waals surface area (Å²) in [4.78, 5) is 0. The fourth-order valence-electron chi connectivity index (χ4n) is 2.14. The van der Waals surface area contributed by atoms with Gasteiger partial charge in [0.2, 0.25) is 0 Å². The smallest absolute Gasteiger partial charge is 0.123 e. The van der Waals surface area contributed by atoms with Crippen LogP contribution in [-0.4, -0.2) is 10.2 Å². The normalized spacial score (nSPS) is 12.5. The van der Waals surface area contributed by atoms with Crippen molar-refractivity contribution in [1.29, 1.82) is 0 Å². The molecule has 3 nitrogen and oxygen atoms in total. The first-order valence-corrected chi connectivity index (χ1v) is 6.17. The molecule has 0 saturated carbocycles. The highest BCUT2D eigenvalue weighted by molar-refractivity contribution is 5.81. The molecule has 1 aromatic heterocycles. The average molecular weight is 255 g/mol. The number of aromatic nitrogens is 2. The van der Waals surface area contributed by atoms with Crippen LogP contribution in [0, 0.1) is 5.82 Å². The van der Waals surface area contributed by atoms with Gasteiger partial charge in [-0.05, 0) is 42.8 Å². The first-order chi connectivity index (χ1) is 9.22. The van der Waals surface area contributed by atoms with Gasteiger partial charge in [0.1, 0.15) is 5.82 Å². The molecule has 0 spiro atoms. The lowest BCUT2D eigenvalue weighted by Gasteiger charge is -2.15. The van der Waals surface area contributed by atoms with Crippen molar-refractivity contribution in [2.75, 3.05) is 5.32 Å². The molecule has 0 fully saturated rings. The van der Waals surface area contributed by atoms with Crippen LogP contribution in [0.3, 0.4) is 0 Å². The van der Waals surface area contributed by atoms with E-state index in [-0.39, 0.29) is 11.9 Å². The van der Waals surface area contributed by atoms with Gasteiger partial charge < -0.3 is 5.32 Å². The Morgan fingerprint density at radius 1 is 1.21 bits per heavy atom. The molecular weight excluding hydrogens is 241 g/mol. The molecule has 0 aliphatic rings. The highest BCUT2D eigenvalue weighted by Crippen LogP contribution is 2.22. The van der Waals surface area contributed by atoms with Crippen LogP contribution in [-0.2, 0) is 0 Å². The number of hydrogen-bond acceptors (Lipinski definition) is 2. The van der Waals surface area contributed by atoms with Crippen molar-refractivity contribution in [1.82, 2.24) is 10.2 Å². The molecule has 96 valence electrons. The number of fused-ring (bicyclic) bond motifs is 1. The molecule has 1 unspecified atom stereocenters. The summed E-state index contributed by atoms with van der Waals surface area (Å²) < 4.78 is 13.2. The van der Waals surface area contributed by atoms with E-state index in [1.54, 1.807) is 18.3 Å². The number of benzene rings is 2. The monoisotopic (exact) mass is 255 g/mol. The first-order valence-electron chi connectivity index (χ1n) is 6.17. The van der Waals surface area contributed by atoms with E-state index in [0.29, 0.717) is 0 Å². The number of halogens is 1. The maximum atomic E-state index is 13.2. The van der Waals surface area contributed by atoms with Crippen LogP contribution < -0.4 is 5.32 Å². The van der Waals surface area contributed by atoms with E-state index >= 15 is 0 Å². The zero-order chi connectivity index (χ0) is 13.2. The quantitative estimate of drug-likeness (QED) is 0.745. The summed E-state index contributed by atoms with van der Waals surface area (Å²) in [5.41, 5.74) is 2.92. The summed E-state index contributed by atoms with van der Waals surface area (Å²) in [6, 6.07) is 12.7. The van der Waals surface area contributed by atoms with Gasteiger partial charge in [-0.25, -0.2) is 4.39 Å². The summed E-state index contributed by atoms with van der Waals surface area (Å²) in [6.07, 6.45) is 1.79. The van der Waals surface area contributed by atoms with Crippen molar-refractivity contribution in [2.24, 2.45) is 0 Å². The minimum atomic E-state index is -0.212. The van der Waals surface area contributed by atoms with Crippen molar-refractivity contribution >= 4 is 16.6 Å². The van der Waals surface area contributed by atoms with E-state index < -0.39 is 0 Å². The Balaban J connectivity index is 1.83. The Hall–Kier alpha value is -2.36. The van der Waals surface area contributed by atoms with E-state index in [2.05, 4.69) is 15.5 Å². The average Bonchev–Trinajstić information content (AvgIpc) is 2.86. The second-order valence-corrected chi connectivity index (χ2v) is 4.59. The van der Waals surface area contributed by atoms with E-state index in [1.807, 2.05) is 31.2 Å². The van der Waals surface area contributed by atoms with Crippen molar-refractivity contribution in [3.63, 3.8) is 0 Å². The van der Waals surface area contributed by atoms with Crippen LogP contribution in [0.5, 0.6) is 0 Å². The third kappa shape index (κ3) is 2.42. The summed E-state index contributed by atoms with van der Waals surface area (Å²) in [7, 11) is 0. The predicted octanol–water partition coefficient (Wildman–Crippen LogP) is 3.88. The van der Waals surface area contributed by atoms with Crippen LogP contribution in [0.25, 0.3) is 10.9 Å². The van der Waals surface area contributed by atoms with Crippen LogP contribution in [0.1, 0.15) is 18.5 Å². The van der Waals surface area contributed by atoms with Gasteiger partial charge in [0.15, 0.2) is 0 Å².